The van der Waals surface area contributed by atoms with Crippen LogP contribution in [0.15, 0.2) is 11.6 Å². The third kappa shape index (κ3) is 2.56. The van der Waals surface area contributed by atoms with Gasteiger partial charge in [0.25, 0.3) is 0 Å². The van der Waals surface area contributed by atoms with E-state index in [2.05, 4.69) is 18.3 Å². The first kappa shape index (κ1) is 10.1. The largest absolute Gasteiger partial charge is 0.379 e. The molecule has 2 rings (SSSR count). The molecular weight excluding hydrogens is 178 g/mol. The molecule has 0 aromatic heterocycles. The predicted molar refractivity (Wildman–Crippen MR) is 55.3 cm³/mol. The zero-order chi connectivity index (χ0) is 9.80. The Morgan fingerprint density at radius 3 is 3.00 bits per heavy atom. The lowest BCUT2D eigenvalue weighted by atomic mass is 10.1. The second kappa shape index (κ2) is 4.91. The maximum Gasteiger partial charge on any atom is 0.0689 e. The van der Waals surface area contributed by atoms with Crippen molar-refractivity contribution in [2.24, 2.45) is 5.92 Å². The van der Waals surface area contributed by atoms with Gasteiger partial charge in [-0.25, -0.2) is 0 Å². The van der Waals surface area contributed by atoms with E-state index in [1.54, 1.807) is 0 Å². The monoisotopic (exact) mass is 197 g/mol. The van der Waals surface area contributed by atoms with E-state index < -0.39 is 0 Å². The van der Waals surface area contributed by atoms with Crippen molar-refractivity contribution in [2.75, 3.05) is 33.0 Å². The summed E-state index contributed by atoms with van der Waals surface area (Å²) in [6.45, 7) is 6.62. The molecule has 14 heavy (non-hydrogen) atoms. The maximum atomic E-state index is 5.40. The summed E-state index contributed by atoms with van der Waals surface area (Å²) in [5, 5.41) is 3.53. The van der Waals surface area contributed by atoms with Gasteiger partial charge in [0.05, 0.1) is 26.4 Å². The molecule has 0 aromatic carbocycles. The summed E-state index contributed by atoms with van der Waals surface area (Å²) in [4.78, 5) is 0. The molecule has 1 saturated heterocycles. The van der Waals surface area contributed by atoms with E-state index in [0.717, 1.165) is 39.4 Å². The van der Waals surface area contributed by atoms with Crippen molar-refractivity contribution in [1.29, 1.82) is 0 Å². The van der Waals surface area contributed by atoms with E-state index in [4.69, 9.17) is 9.47 Å². The van der Waals surface area contributed by atoms with E-state index in [1.807, 2.05) is 0 Å². The summed E-state index contributed by atoms with van der Waals surface area (Å²) in [6, 6.07) is 0.526. The van der Waals surface area contributed by atoms with Crippen LogP contribution in [0.3, 0.4) is 0 Å². The number of nitrogens with one attached hydrogen (secondary N) is 1. The Morgan fingerprint density at radius 2 is 2.36 bits per heavy atom. The van der Waals surface area contributed by atoms with Crippen LogP contribution in [0, 0.1) is 5.92 Å². The zero-order valence-electron chi connectivity index (χ0n) is 8.79. The number of hydrogen-bond donors (Lipinski definition) is 1. The zero-order valence-corrected chi connectivity index (χ0v) is 8.79. The van der Waals surface area contributed by atoms with Crippen LogP contribution in [0.5, 0.6) is 0 Å². The highest BCUT2D eigenvalue weighted by molar-refractivity contribution is 5.07. The van der Waals surface area contributed by atoms with Crippen LogP contribution in [0.4, 0.5) is 0 Å². The van der Waals surface area contributed by atoms with Gasteiger partial charge in [0, 0.05) is 12.6 Å². The molecule has 3 heteroatoms. The van der Waals surface area contributed by atoms with Crippen molar-refractivity contribution in [2.45, 2.75) is 19.4 Å². The predicted octanol–water partition coefficient (Wildman–Crippen LogP) is 0.958. The lowest BCUT2D eigenvalue weighted by Gasteiger charge is -2.19. The molecule has 0 bridgehead atoms. The van der Waals surface area contributed by atoms with Crippen LogP contribution in [0.1, 0.15) is 13.3 Å². The van der Waals surface area contributed by atoms with Crippen LogP contribution >= 0.6 is 0 Å². The smallest absolute Gasteiger partial charge is 0.0689 e. The molecule has 0 radical (unpaired) electrons. The van der Waals surface area contributed by atoms with Crippen LogP contribution in [-0.4, -0.2) is 39.0 Å². The average molecular weight is 197 g/mol. The molecule has 0 aromatic rings. The molecule has 0 amide bonds. The molecule has 0 saturated carbocycles. The lowest BCUT2D eigenvalue weighted by molar-refractivity contribution is 0.148. The third-order valence-electron chi connectivity index (χ3n) is 2.94. The van der Waals surface area contributed by atoms with E-state index >= 15 is 0 Å². The van der Waals surface area contributed by atoms with Gasteiger partial charge in [0.15, 0.2) is 0 Å². The van der Waals surface area contributed by atoms with E-state index in [-0.39, 0.29) is 0 Å². The quantitative estimate of drug-likeness (QED) is 0.684. The summed E-state index contributed by atoms with van der Waals surface area (Å²) in [5.41, 5.74) is 1.38. The minimum absolute atomic E-state index is 0.526. The number of hydrogen-bond acceptors (Lipinski definition) is 3. The Kier molecular flexibility index (Phi) is 3.56. The van der Waals surface area contributed by atoms with Crippen LogP contribution in [-0.2, 0) is 9.47 Å². The number of rotatable bonds is 3. The highest BCUT2D eigenvalue weighted by Gasteiger charge is 2.23. The molecule has 3 nitrogen and oxygen atoms in total. The maximum absolute atomic E-state index is 5.40. The fraction of sp³-hybridized carbons (Fsp3) is 0.818. The van der Waals surface area contributed by atoms with E-state index in [1.165, 1.54) is 5.57 Å². The molecule has 2 aliphatic rings. The molecule has 2 aliphatic heterocycles. The van der Waals surface area contributed by atoms with Crippen LogP contribution in [0.25, 0.3) is 0 Å². The van der Waals surface area contributed by atoms with Crippen LogP contribution in [0.2, 0.25) is 0 Å². The Labute approximate surface area is 85.5 Å². The average Bonchev–Trinajstić information content (AvgIpc) is 2.63. The van der Waals surface area contributed by atoms with E-state index in [9.17, 15) is 0 Å². The summed E-state index contributed by atoms with van der Waals surface area (Å²) >= 11 is 0. The van der Waals surface area contributed by atoms with Crippen molar-refractivity contribution in [3.63, 3.8) is 0 Å². The highest BCUT2D eigenvalue weighted by Crippen LogP contribution is 2.13. The van der Waals surface area contributed by atoms with Gasteiger partial charge in [-0.05, 0) is 17.9 Å². The van der Waals surface area contributed by atoms with Gasteiger partial charge in [-0.1, -0.05) is 13.0 Å². The molecule has 2 heterocycles. The van der Waals surface area contributed by atoms with Gasteiger partial charge in [-0.3, -0.25) is 0 Å². The van der Waals surface area contributed by atoms with Gasteiger partial charge in [0.2, 0.25) is 0 Å². The van der Waals surface area contributed by atoms with Gasteiger partial charge in [-0.15, -0.1) is 0 Å². The molecule has 80 valence electrons. The minimum atomic E-state index is 0.526. The SMILES string of the molecule is CC1COCC1NCC1=CCCOC1. The Hall–Kier alpha value is -0.380. The fourth-order valence-electron chi connectivity index (χ4n) is 1.92. The topological polar surface area (TPSA) is 30.5 Å². The molecular formula is C11H19NO2. The van der Waals surface area contributed by atoms with Gasteiger partial charge in [-0.2, -0.15) is 0 Å². The lowest BCUT2D eigenvalue weighted by Crippen LogP contribution is -2.36. The summed E-state index contributed by atoms with van der Waals surface area (Å²) < 4.78 is 10.8. The molecule has 0 aliphatic carbocycles. The fourth-order valence-corrected chi connectivity index (χ4v) is 1.92. The number of ether oxygens (including phenoxy) is 2. The summed E-state index contributed by atoms with van der Waals surface area (Å²) in [7, 11) is 0. The standard InChI is InChI=1S/C11H19NO2/c1-9-6-14-8-11(9)12-5-10-3-2-4-13-7-10/h3,9,11-12H,2,4-8H2,1H3. The molecule has 0 spiro atoms. The minimum Gasteiger partial charge on any atom is -0.379 e. The molecule has 2 atom stereocenters. The Morgan fingerprint density at radius 1 is 1.43 bits per heavy atom. The molecule has 2 unspecified atom stereocenters. The second-order valence-electron chi connectivity index (χ2n) is 4.21. The first-order chi connectivity index (χ1) is 6.86. The van der Waals surface area contributed by atoms with Gasteiger partial charge in [0.1, 0.15) is 0 Å². The van der Waals surface area contributed by atoms with Crippen molar-refractivity contribution in [1.82, 2.24) is 5.32 Å². The molecule has 1 fully saturated rings. The van der Waals surface area contributed by atoms with Crippen LogP contribution < -0.4 is 5.32 Å². The highest BCUT2D eigenvalue weighted by atomic mass is 16.5. The summed E-state index contributed by atoms with van der Waals surface area (Å²) in [6.07, 6.45) is 3.35. The first-order valence-electron chi connectivity index (χ1n) is 5.43. The third-order valence-corrected chi connectivity index (χ3v) is 2.94. The van der Waals surface area contributed by atoms with Crippen molar-refractivity contribution in [3.8, 4) is 0 Å². The Bertz CT molecular complexity index is 215. The normalized spacial score (nSPS) is 33.1. The Balaban J connectivity index is 1.73. The van der Waals surface area contributed by atoms with E-state index in [0.29, 0.717) is 12.0 Å². The van der Waals surface area contributed by atoms with Gasteiger partial charge < -0.3 is 14.8 Å². The van der Waals surface area contributed by atoms with Crippen molar-refractivity contribution < 1.29 is 9.47 Å². The van der Waals surface area contributed by atoms with Crippen molar-refractivity contribution >= 4 is 0 Å². The summed E-state index contributed by atoms with van der Waals surface area (Å²) in [5.74, 6) is 0.639. The second-order valence-corrected chi connectivity index (χ2v) is 4.21. The van der Waals surface area contributed by atoms with Crippen molar-refractivity contribution in [3.05, 3.63) is 11.6 Å². The first-order valence-corrected chi connectivity index (χ1v) is 5.43. The van der Waals surface area contributed by atoms with Gasteiger partial charge >= 0.3 is 0 Å². The molecule has 1 N–H and O–H groups in total.